The van der Waals surface area contributed by atoms with Crippen molar-refractivity contribution in [2.45, 2.75) is 39.5 Å². The summed E-state index contributed by atoms with van der Waals surface area (Å²) < 4.78 is 10.8. The van der Waals surface area contributed by atoms with E-state index in [1.807, 2.05) is 24.3 Å². The quantitative estimate of drug-likeness (QED) is 0.790. The fourth-order valence-corrected chi connectivity index (χ4v) is 1.69. The lowest BCUT2D eigenvalue weighted by Gasteiger charge is -2.16. The van der Waals surface area contributed by atoms with Crippen LogP contribution in [-0.2, 0) is 11.3 Å². The third-order valence-electron chi connectivity index (χ3n) is 2.41. The summed E-state index contributed by atoms with van der Waals surface area (Å²) in [7, 11) is 1.67. The first kappa shape index (κ1) is 14.0. The minimum absolute atomic E-state index is 0.383. The Hall–Kier alpha value is -1.06. The highest BCUT2D eigenvalue weighted by Gasteiger charge is 2.03. The second kappa shape index (κ2) is 7.30. The van der Waals surface area contributed by atoms with E-state index in [-0.39, 0.29) is 0 Å². The summed E-state index contributed by atoms with van der Waals surface area (Å²) in [5.41, 5.74) is 1.17. The predicted molar refractivity (Wildman–Crippen MR) is 70.4 cm³/mol. The van der Waals surface area contributed by atoms with E-state index < -0.39 is 0 Å². The van der Waals surface area contributed by atoms with Gasteiger partial charge in [0, 0.05) is 12.1 Å². The van der Waals surface area contributed by atoms with Crippen LogP contribution in [0.1, 0.15) is 26.3 Å². The Morgan fingerprint density at radius 1 is 1.12 bits per heavy atom. The summed E-state index contributed by atoms with van der Waals surface area (Å²) in [6.07, 6.45) is 0. The van der Waals surface area contributed by atoms with Gasteiger partial charge in [0.25, 0.3) is 0 Å². The molecule has 0 fully saturated rings. The lowest BCUT2D eigenvalue weighted by atomic mass is 10.2. The van der Waals surface area contributed by atoms with Crippen molar-refractivity contribution < 1.29 is 9.47 Å². The highest BCUT2D eigenvalue weighted by molar-refractivity contribution is 5.26. The highest BCUT2D eigenvalue weighted by Crippen LogP contribution is 2.11. The van der Waals surface area contributed by atoms with Crippen molar-refractivity contribution in [2.75, 3.05) is 13.7 Å². The van der Waals surface area contributed by atoms with Gasteiger partial charge < -0.3 is 14.8 Å². The molecular weight excluding hydrogens is 214 g/mol. The maximum absolute atomic E-state index is 5.65. The minimum Gasteiger partial charge on any atom is -0.497 e. The maximum atomic E-state index is 5.65. The molecule has 3 nitrogen and oxygen atoms in total. The van der Waals surface area contributed by atoms with Crippen LogP contribution in [-0.4, -0.2) is 25.8 Å². The number of benzene rings is 1. The van der Waals surface area contributed by atoms with Gasteiger partial charge in [-0.1, -0.05) is 26.0 Å². The van der Waals surface area contributed by atoms with Crippen LogP contribution < -0.4 is 10.1 Å². The zero-order valence-electron chi connectivity index (χ0n) is 11.2. The Balaban J connectivity index is 2.25. The molecule has 0 unspecified atom stereocenters. The lowest BCUT2D eigenvalue weighted by Crippen LogP contribution is -2.35. The molecule has 17 heavy (non-hydrogen) atoms. The molecule has 0 aliphatic rings. The smallest absolute Gasteiger partial charge is 0.118 e. The molecule has 1 N–H and O–H groups in total. The largest absolute Gasteiger partial charge is 0.497 e. The van der Waals surface area contributed by atoms with Gasteiger partial charge in [0.2, 0.25) is 0 Å². The molecule has 0 saturated heterocycles. The molecule has 0 aliphatic heterocycles. The number of ether oxygens (including phenoxy) is 2. The van der Waals surface area contributed by atoms with Gasteiger partial charge in [-0.25, -0.2) is 0 Å². The summed E-state index contributed by atoms with van der Waals surface area (Å²) in [6, 6.07) is 8.84. The molecule has 0 amide bonds. The molecule has 0 aromatic heterocycles. The molecule has 0 spiro atoms. The van der Waals surface area contributed by atoms with Crippen LogP contribution in [0, 0.1) is 0 Å². The van der Waals surface area contributed by atoms with Crippen molar-refractivity contribution in [3.8, 4) is 5.75 Å². The van der Waals surface area contributed by atoms with Crippen molar-refractivity contribution in [1.82, 2.24) is 5.32 Å². The van der Waals surface area contributed by atoms with E-state index in [1.165, 1.54) is 5.56 Å². The summed E-state index contributed by atoms with van der Waals surface area (Å²) in [5, 5.41) is 3.40. The number of rotatable bonds is 7. The molecule has 1 rings (SSSR count). The van der Waals surface area contributed by atoms with E-state index >= 15 is 0 Å². The van der Waals surface area contributed by atoms with Gasteiger partial charge in [0.1, 0.15) is 5.75 Å². The number of hydrogen-bond acceptors (Lipinski definition) is 3. The Kier molecular flexibility index (Phi) is 6.01. The van der Waals surface area contributed by atoms with Crippen LogP contribution in [0.3, 0.4) is 0 Å². The third kappa shape index (κ3) is 5.71. The average Bonchev–Trinajstić information content (AvgIpc) is 2.29. The van der Waals surface area contributed by atoms with Crippen molar-refractivity contribution in [2.24, 2.45) is 0 Å². The van der Waals surface area contributed by atoms with Gasteiger partial charge in [-0.15, -0.1) is 0 Å². The van der Waals surface area contributed by atoms with Gasteiger partial charge in [-0.2, -0.15) is 0 Å². The first-order valence-electron chi connectivity index (χ1n) is 6.08. The number of methoxy groups -OCH3 is 1. The molecule has 0 heterocycles. The van der Waals surface area contributed by atoms with Crippen molar-refractivity contribution >= 4 is 0 Å². The van der Waals surface area contributed by atoms with Crippen molar-refractivity contribution in [3.63, 3.8) is 0 Å². The Morgan fingerprint density at radius 2 is 1.76 bits per heavy atom. The van der Waals surface area contributed by atoms with Crippen molar-refractivity contribution in [1.29, 1.82) is 0 Å². The summed E-state index contributed by atoms with van der Waals surface area (Å²) in [4.78, 5) is 0. The molecule has 1 aromatic rings. The topological polar surface area (TPSA) is 30.5 Å². The van der Waals surface area contributed by atoms with Crippen LogP contribution in [0.15, 0.2) is 24.3 Å². The number of nitrogens with one attached hydrogen (secondary N) is 1. The zero-order chi connectivity index (χ0) is 12.7. The summed E-state index contributed by atoms with van der Waals surface area (Å²) in [6.45, 7) is 7.78. The molecule has 0 radical (unpaired) electrons. The first-order valence-corrected chi connectivity index (χ1v) is 6.08. The molecule has 0 aliphatic carbocycles. The van der Waals surface area contributed by atoms with Crippen LogP contribution in [0.5, 0.6) is 5.75 Å². The van der Waals surface area contributed by atoms with Crippen molar-refractivity contribution in [3.05, 3.63) is 29.8 Å². The second-order valence-electron chi connectivity index (χ2n) is 4.59. The summed E-state index contributed by atoms with van der Waals surface area (Å²) >= 11 is 0. The van der Waals surface area contributed by atoms with E-state index in [4.69, 9.17) is 9.47 Å². The standard InChI is InChI=1S/C14H23NO2/c1-11(2)15-12(3)9-17-10-13-5-7-14(16-4)8-6-13/h5-8,11-12,15H,9-10H2,1-4H3/t12-/m0/s1. The van der Waals surface area contributed by atoms with E-state index in [2.05, 4.69) is 26.1 Å². The Bertz CT molecular complexity index is 309. The summed E-state index contributed by atoms with van der Waals surface area (Å²) in [5.74, 6) is 0.878. The zero-order valence-corrected chi connectivity index (χ0v) is 11.2. The van der Waals surface area contributed by atoms with Gasteiger partial charge in [-0.05, 0) is 24.6 Å². The van der Waals surface area contributed by atoms with E-state index in [9.17, 15) is 0 Å². The first-order chi connectivity index (χ1) is 8.11. The third-order valence-corrected chi connectivity index (χ3v) is 2.41. The Morgan fingerprint density at radius 3 is 2.29 bits per heavy atom. The highest BCUT2D eigenvalue weighted by atomic mass is 16.5. The fourth-order valence-electron chi connectivity index (χ4n) is 1.69. The minimum atomic E-state index is 0.383. The predicted octanol–water partition coefficient (Wildman–Crippen LogP) is 2.60. The normalized spacial score (nSPS) is 12.8. The van der Waals surface area contributed by atoms with E-state index in [0.29, 0.717) is 18.7 Å². The second-order valence-corrected chi connectivity index (χ2v) is 4.59. The molecule has 3 heteroatoms. The van der Waals surface area contributed by atoms with Crippen LogP contribution in [0.4, 0.5) is 0 Å². The average molecular weight is 237 g/mol. The van der Waals surface area contributed by atoms with Gasteiger partial charge in [0.05, 0.1) is 20.3 Å². The fraction of sp³-hybridized carbons (Fsp3) is 0.571. The van der Waals surface area contributed by atoms with E-state index in [0.717, 1.165) is 12.4 Å². The maximum Gasteiger partial charge on any atom is 0.118 e. The van der Waals surface area contributed by atoms with Gasteiger partial charge in [-0.3, -0.25) is 0 Å². The Labute approximate surface area is 104 Å². The molecule has 1 atom stereocenters. The van der Waals surface area contributed by atoms with E-state index in [1.54, 1.807) is 7.11 Å². The molecule has 0 saturated carbocycles. The van der Waals surface area contributed by atoms with Gasteiger partial charge >= 0.3 is 0 Å². The SMILES string of the molecule is COc1ccc(COC[C@H](C)NC(C)C)cc1. The molecular formula is C14H23NO2. The van der Waals surface area contributed by atoms with Crippen LogP contribution in [0.25, 0.3) is 0 Å². The van der Waals surface area contributed by atoms with Crippen LogP contribution >= 0.6 is 0 Å². The lowest BCUT2D eigenvalue weighted by molar-refractivity contribution is 0.101. The van der Waals surface area contributed by atoms with Gasteiger partial charge in [0.15, 0.2) is 0 Å². The monoisotopic (exact) mass is 237 g/mol. The number of hydrogen-bond donors (Lipinski definition) is 1. The molecule has 0 bridgehead atoms. The molecule has 96 valence electrons. The van der Waals surface area contributed by atoms with Crippen LogP contribution in [0.2, 0.25) is 0 Å². The molecule has 1 aromatic carbocycles.